The van der Waals surface area contributed by atoms with E-state index in [1.54, 1.807) is 0 Å². The van der Waals surface area contributed by atoms with E-state index < -0.39 is 17.1 Å². The monoisotopic (exact) mass is 432 g/mol. The zero-order valence-electron chi connectivity index (χ0n) is 18.4. The highest BCUT2D eigenvalue weighted by molar-refractivity contribution is 6.82. The molecule has 0 heterocycles. The summed E-state index contributed by atoms with van der Waals surface area (Å²) in [6.45, 7) is 10.8. The molecule has 0 bridgehead atoms. The van der Waals surface area contributed by atoms with Crippen LogP contribution in [0.2, 0.25) is 12.1 Å². The van der Waals surface area contributed by atoms with Crippen LogP contribution >= 0.6 is 0 Å². The van der Waals surface area contributed by atoms with E-state index in [0.717, 1.165) is 18.5 Å². The molecule has 0 aliphatic heterocycles. The van der Waals surface area contributed by atoms with Crippen molar-refractivity contribution in [3.63, 3.8) is 0 Å². The van der Waals surface area contributed by atoms with Gasteiger partial charge in [-0.05, 0) is 56.6 Å². The molecular formula is C23H36O4Si2. The van der Waals surface area contributed by atoms with Gasteiger partial charge >= 0.3 is 17.1 Å². The van der Waals surface area contributed by atoms with Crippen LogP contribution in [0, 0.1) is 0 Å². The van der Waals surface area contributed by atoms with E-state index in [9.17, 15) is 0 Å². The summed E-state index contributed by atoms with van der Waals surface area (Å²) in [7, 11) is -5.01. The predicted molar refractivity (Wildman–Crippen MR) is 124 cm³/mol. The Morgan fingerprint density at radius 1 is 0.517 bits per heavy atom. The van der Waals surface area contributed by atoms with Crippen LogP contribution in [0.25, 0.3) is 0 Å². The Balaban J connectivity index is 2.26. The minimum atomic E-state index is -2.51. The van der Waals surface area contributed by atoms with Crippen LogP contribution < -0.4 is 10.4 Å². The summed E-state index contributed by atoms with van der Waals surface area (Å²) < 4.78 is 25.4. The molecule has 6 heteroatoms. The molecule has 0 radical (unpaired) electrons. The van der Waals surface area contributed by atoms with Gasteiger partial charge in [0, 0.05) is 26.4 Å². The summed E-state index contributed by atoms with van der Waals surface area (Å²) in [5.41, 5.74) is 0. The van der Waals surface area contributed by atoms with E-state index in [1.165, 1.54) is 10.4 Å². The van der Waals surface area contributed by atoms with Gasteiger partial charge in [0.1, 0.15) is 0 Å². The van der Waals surface area contributed by atoms with Gasteiger partial charge in [-0.15, -0.1) is 0 Å². The van der Waals surface area contributed by atoms with Crippen LogP contribution in [0.3, 0.4) is 0 Å². The van der Waals surface area contributed by atoms with Gasteiger partial charge in [-0.2, -0.15) is 0 Å². The molecule has 4 nitrogen and oxygen atoms in total. The topological polar surface area (TPSA) is 36.9 Å². The van der Waals surface area contributed by atoms with Gasteiger partial charge in [-0.1, -0.05) is 60.7 Å². The molecule has 0 fully saturated rings. The molecule has 29 heavy (non-hydrogen) atoms. The quantitative estimate of drug-likeness (QED) is 0.419. The highest BCUT2D eigenvalue weighted by atomic mass is 28.4. The summed E-state index contributed by atoms with van der Waals surface area (Å²) >= 11 is 0. The van der Waals surface area contributed by atoms with Gasteiger partial charge in [-0.25, -0.2) is 0 Å². The maximum absolute atomic E-state index is 6.35. The Hall–Kier alpha value is -1.29. The van der Waals surface area contributed by atoms with Crippen LogP contribution in [0.15, 0.2) is 60.7 Å². The Bertz CT molecular complexity index is 610. The lowest BCUT2D eigenvalue weighted by molar-refractivity contribution is 0.189. The Morgan fingerprint density at radius 2 is 0.828 bits per heavy atom. The molecular weight excluding hydrogens is 396 g/mol. The number of hydrogen-bond donors (Lipinski definition) is 0. The molecule has 2 aromatic rings. The molecule has 160 valence electrons. The van der Waals surface area contributed by atoms with E-state index in [0.29, 0.717) is 26.4 Å². The largest absolute Gasteiger partial charge is 0.391 e. The van der Waals surface area contributed by atoms with Crippen molar-refractivity contribution in [2.45, 2.75) is 46.2 Å². The lowest BCUT2D eigenvalue weighted by atomic mass is 10.4. The first-order valence-electron chi connectivity index (χ1n) is 10.8. The van der Waals surface area contributed by atoms with Gasteiger partial charge in [0.25, 0.3) is 0 Å². The summed E-state index contributed by atoms with van der Waals surface area (Å²) in [6.07, 6.45) is 0.947. The fourth-order valence-electron chi connectivity index (χ4n) is 3.86. The first kappa shape index (κ1) is 24.0. The fraction of sp³-hybridized carbons (Fsp3) is 0.478. The van der Waals surface area contributed by atoms with Crippen LogP contribution in [-0.2, 0) is 17.7 Å². The van der Waals surface area contributed by atoms with E-state index in [4.69, 9.17) is 17.7 Å². The van der Waals surface area contributed by atoms with Crippen molar-refractivity contribution in [1.82, 2.24) is 0 Å². The van der Waals surface area contributed by atoms with Gasteiger partial charge in [0.05, 0.1) is 0 Å². The first-order valence-corrected chi connectivity index (χ1v) is 14.9. The lowest BCUT2D eigenvalue weighted by Gasteiger charge is -2.33. The maximum atomic E-state index is 6.35. The summed E-state index contributed by atoms with van der Waals surface area (Å²) in [4.78, 5) is 0. The minimum Gasteiger partial charge on any atom is -0.391 e. The second-order valence-corrected chi connectivity index (χ2v) is 13.1. The van der Waals surface area contributed by atoms with Crippen molar-refractivity contribution in [2.24, 2.45) is 0 Å². The Morgan fingerprint density at radius 3 is 1.10 bits per heavy atom. The number of rotatable bonds is 14. The first-order chi connectivity index (χ1) is 14.2. The number of benzene rings is 2. The van der Waals surface area contributed by atoms with Crippen molar-refractivity contribution < 1.29 is 17.7 Å². The minimum absolute atomic E-state index is 0.652. The third-order valence-electron chi connectivity index (χ3n) is 4.95. The standard InChI is InChI=1S/C23H36O4Si2/c1-5-24-28(25-6-2,22-16-11-9-12-17-22)20-15-21-29(26-7-3,27-8-4)23-18-13-10-14-19-23/h9-14,16-19H,5-8,15,20-21H2,1-4H3. The zero-order valence-corrected chi connectivity index (χ0v) is 20.4. The van der Waals surface area contributed by atoms with Crippen LogP contribution in [-0.4, -0.2) is 43.5 Å². The van der Waals surface area contributed by atoms with Crippen molar-refractivity contribution in [1.29, 1.82) is 0 Å². The highest BCUT2D eigenvalue weighted by Gasteiger charge is 2.43. The summed E-state index contributed by atoms with van der Waals surface area (Å²) in [5, 5.41) is 2.40. The van der Waals surface area contributed by atoms with Crippen LogP contribution in [0.1, 0.15) is 34.1 Å². The third-order valence-corrected chi connectivity index (χ3v) is 12.4. The average molecular weight is 433 g/mol. The fourth-order valence-corrected chi connectivity index (χ4v) is 10.8. The highest BCUT2D eigenvalue weighted by Crippen LogP contribution is 2.24. The molecule has 0 aliphatic carbocycles. The van der Waals surface area contributed by atoms with Crippen LogP contribution in [0.5, 0.6) is 0 Å². The molecule has 0 unspecified atom stereocenters. The summed E-state index contributed by atoms with van der Waals surface area (Å²) in [6, 6.07) is 22.7. The molecule has 0 spiro atoms. The van der Waals surface area contributed by atoms with Crippen molar-refractivity contribution in [2.75, 3.05) is 26.4 Å². The molecule has 0 saturated heterocycles. The Kier molecular flexibility index (Phi) is 10.3. The molecule has 2 aromatic carbocycles. The number of hydrogen-bond acceptors (Lipinski definition) is 4. The van der Waals surface area contributed by atoms with E-state index in [2.05, 4.69) is 48.5 Å². The lowest BCUT2D eigenvalue weighted by Crippen LogP contribution is -2.56. The Labute approximate surface area is 178 Å². The van der Waals surface area contributed by atoms with E-state index in [-0.39, 0.29) is 0 Å². The van der Waals surface area contributed by atoms with Gasteiger partial charge in [-0.3, -0.25) is 0 Å². The molecule has 0 N–H and O–H groups in total. The maximum Gasteiger partial charge on any atom is 0.372 e. The van der Waals surface area contributed by atoms with Crippen molar-refractivity contribution in [3.8, 4) is 0 Å². The third kappa shape index (κ3) is 6.34. The molecule has 2 rings (SSSR count). The zero-order chi connectivity index (χ0) is 21.0. The van der Waals surface area contributed by atoms with E-state index >= 15 is 0 Å². The van der Waals surface area contributed by atoms with Crippen molar-refractivity contribution >= 4 is 27.5 Å². The van der Waals surface area contributed by atoms with Crippen LogP contribution in [0.4, 0.5) is 0 Å². The molecule has 0 atom stereocenters. The van der Waals surface area contributed by atoms with Crippen molar-refractivity contribution in [3.05, 3.63) is 60.7 Å². The normalized spacial score (nSPS) is 12.3. The van der Waals surface area contributed by atoms with Gasteiger partial charge in [0.15, 0.2) is 0 Å². The molecule has 0 aliphatic rings. The SMILES string of the molecule is CCO[Si](CCC[Si](OCC)(OCC)c1ccccc1)(OCC)c1ccccc1. The molecule has 0 amide bonds. The smallest absolute Gasteiger partial charge is 0.372 e. The van der Waals surface area contributed by atoms with E-state index in [1.807, 2.05) is 39.8 Å². The molecule has 0 aromatic heterocycles. The average Bonchev–Trinajstić information content (AvgIpc) is 2.75. The molecule has 0 saturated carbocycles. The summed E-state index contributed by atoms with van der Waals surface area (Å²) in [5.74, 6) is 0. The second kappa shape index (κ2) is 12.4. The second-order valence-electron chi connectivity index (χ2n) is 6.82. The van der Waals surface area contributed by atoms with Gasteiger partial charge in [0.2, 0.25) is 0 Å². The predicted octanol–water partition coefficient (Wildman–Crippen LogP) is 4.22. The van der Waals surface area contributed by atoms with Gasteiger partial charge < -0.3 is 17.7 Å².